The van der Waals surface area contributed by atoms with Crippen molar-refractivity contribution in [1.29, 1.82) is 0 Å². The zero-order valence-electron chi connectivity index (χ0n) is 10.3. The molecule has 1 aromatic carbocycles. The minimum Gasteiger partial charge on any atom is -0.328 e. The van der Waals surface area contributed by atoms with Crippen LogP contribution in [0.4, 0.5) is 0 Å². The van der Waals surface area contributed by atoms with Crippen molar-refractivity contribution in [2.24, 2.45) is 11.7 Å². The van der Waals surface area contributed by atoms with Gasteiger partial charge in [0, 0.05) is 18.4 Å². The molecule has 1 saturated carbocycles. The second-order valence-corrected chi connectivity index (χ2v) is 5.08. The maximum absolute atomic E-state index is 11.9. The molecule has 2 atom stereocenters. The van der Waals surface area contributed by atoms with Crippen LogP contribution in [0.25, 0.3) is 0 Å². The second-order valence-electron chi connectivity index (χ2n) is 5.08. The average Bonchev–Trinajstić information content (AvgIpc) is 2.77. The molecule has 1 fully saturated rings. The van der Waals surface area contributed by atoms with Crippen LogP contribution in [-0.4, -0.2) is 11.8 Å². The molecule has 2 rings (SSSR count). The van der Waals surface area contributed by atoms with Crippen LogP contribution in [0.2, 0.25) is 0 Å². The van der Waals surface area contributed by atoms with E-state index < -0.39 is 0 Å². The lowest BCUT2D eigenvalue weighted by atomic mass is 9.97. The molecule has 0 radical (unpaired) electrons. The molecule has 0 aliphatic heterocycles. The predicted octanol–water partition coefficient (Wildman–Crippen LogP) is 2.71. The summed E-state index contributed by atoms with van der Waals surface area (Å²) in [5.74, 6) is 0.676. The first kappa shape index (κ1) is 12.3. The van der Waals surface area contributed by atoms with Gasteiger partial charge in [0.05, 0.1) is 0 Å². The quantitative estimate of drug-likeness (QED) is 0.846. The van der Waals surface area contributed by atoms with Crippen LogP contribution >= 0.6 is 0 Å². The molecule has 1 aliphatic rings. The van der Waals surface area contributed by atoms with Crippen molar-refractivity contribution < 1.29 is 4.79 Å². The van der Waals surface area contributed by atoms with Crippen LogP contribution in [0.15, 0.2) is 30.3 Å². The summed E-state index contributed by atoms with van der Waals surface area (Å²) < 4.78 is 0. The molecular formula is C15H21NO. The number of ketones is 1. The number of aryl methyl sites for hydroxylation is 1. The van der Waals surface area contributed by atoms with Crippen molar-refractivity contribution in [2.75, 3.05) is 0 Å². The number of rotatable bonds is 5. The van der Waals surface area contributed by atoms with Crippen LogP contribution in [-0.2, 0) is 11.2 Å². The Morgan fingerprint density at radius 1 is 1.24 bits per heavy atom. The Balaban J connectivity index is 1.70. The van der Waals surface area contributed by atoms with E-state index in [-0.39, 0.29) is 12.0 Å². The van der Waals surface area contributed by atoms with Crippen molar-refractivity contribution >= 4 is 5.78 Å². The Labute approximate surface area is 103 Å². The van der Waals surface area contributed by atoms with Gasteiger partial charge in [-0.05, 0) is 37.7 Å². The van der Waals surface area contributed by atoms with E-state index in [1.807, 2.05) is 18.2 Å². The Hall–Kier alpha value is -1.15. The molecule has 2 unspecified atom stereocenters. The van der Waals surface area contributed by atoms with Crippen molar-refractivity contribution in [2.45, 2.75) is 44.6 Å². The lowest BCUT2D eigenvalue weighted by Gasteiger charge is -2.08. The van der Waals surface area contributed by atoms with Gasteiger partial charge in [0.1, 0.15) is 5.78 Å². The van der Waals surface area contributed by atoms with E-state index in [0.29, 0.717) is 12.2 Å². The summed E-state index contributed by atoms with van der Waals surface area (Å²) in [6.07, 6.45) is 5.62. The molecule has 17 heavy (non-hydrogen) atoms. The van der Waals surface area contributed by atoms with E-state index in [1.165, 1.54) is 5.56 Å². The number of hydrogen-bond acceptors (Lipinski definition) is 2. The lowest BCUT2D eigenvalue weighted by Crippen LogP contribution is -2.18. The van der Waals surface area contributed by atoms with Gasteiger partial charge in [-0.1, -0.05) is 30.3 Å². The van der Waals surface area contributed by atoms with Crippen molar-refractivity contribution in [1.82, 2.24) is 0 Å². The molecule has 2 nitrogen and oxygen atoms in total. The van der Waals surface area contributed by atoms with Crippen LogP contribution in [0.5, 0.6) is 0 Å². The third-order valence-corrected chi connectivity index (χ3v) is 3.66. The Morgan fingerprint density at radius 3 is 2.65 bits per heavy atom. The normalized spacial score (nSPS) is 23.8. The first-order chi connectivity index (χ1) is 8.25. The summed E-state index contributed by atoms with van der Waals surface area (Å²) >= 11 is 0. The van der Waals surface area contributed by atoms with Gasteiger partial charge in [-0.25, -0.2) is 0 Å². The van der Waals surface area contributed by atoms with Crippen molar-refractivity contribution in [3.63, 3.8) is 0 Å². The van der Waals surface area contributed by atoms with Crippen LogP contribution in [0, 0.1) is 5.92 Å². The number of Topliss-reactive ketones (excluding diaryl/α,β-unsaturated/α-hetero) is 1. The number of benzene rings is 1. The van der Waals surface area contributed by atoms with Crippen LogP contribution in [0.3, 0.4) is 0 Å². The zero-order chi connectivity index (χ0) is 12.1. The van der Waals surface area contributed by atoms with Gasteiger partial charge in [-0.2, -0.15) is 0 Å². The first-order valence-electron chi connectivity index (χ1n) is 6.58. The molecule has 0 bridgehead atoms. The molecule has 2 N–H and O–H groups in total. The molecular weight excluding hydrogens is 210 g/mol. The average molecular weight is 231 g/mol. The molecule has 0 amide bonds. The highest BCUT2D eigenvalue weighted by atomic mass is 16.1. The van der Waals surface area contributed by atoms with Crippen LogP contribution < -0.4 is 5.73 Å². The summed E-state index contributed by atoms with van der Waals surface area (Å²) in [4.78, 5) is 11.9. The SMILES string of the molecule is NC1CCC(C(=O)CCCc2ccccc2)C1. The molecule has 0 heterocycles. The molecule has 1 aromatic rings. The molecule has 0 spiro atoms. The van der Waals surface area contributed by atoms with Gasteiger partial charge in [0.15, 0.2) is 0 Å². The van der Waals surface area contributed by atoms with E-state index in [1.54, 1.807) is 0 Å². The van der Waals surface area contributed by atoms with Gasteiger partial charge < -0.3 is 5.73 Å². The topological polar surface area (TPSA) is 43.1 Å². The largest absolute Gasteiger partial charge is 0.328 e. The Bertz CT molecular complexity index is 360. The highest BCUT2D eigenvalue weighted by Crippen LogP contribution is 2.26. The zero-order valence-corrected chi connectivity index (χ0v) is 10.3. The van der Waals surface area contributed by atoms with E-state index in [4.69, 9.17) is 5.73 Å². The molecule has 1 aliphatic carbocycles. The number of hydrogen-bond donors (Lipinski definition) is 1. The number of carbonyl (C=O) groups is 1. The maximum Gasteiger partial charge on any atom is 0.136 e. The fourth-order valence-corrected chi connectivity index (χ4v) is 2.62. The standard InChI is InChI=1S/C15H21NO/c16-14-10-9-13(11-14)15(17)8-4-7-12-5-2-1-3-6-12/h1-3,5-6,13-14H,4,7-11,16H2. The predicted molar refractivity (Wildman–Crippen MR) is 69.7 cm³/mol. The van der Waals surface area contributed by atoms with Gasteiger partial charge in [-0.3, -0.25) is 4.79 Å². The minimum atomic E-state index is 0.251. The highest BCUT2D eigenvalue weighted by molar-refractivity contribution is 5.81. The smallest absolute Gasteiger partial charge is 0.136 e. The van der Waals surface area contributed by atoms with Gasteiger partial charge in [0.2, 0.25) is 0 Å². The minimum absolute atomic E-state index is 0.251. The summed E-state index contributed by atoms with van der Waals surface area (Å²) in [5.41, 5.74) is 7.15. The van der Waals surface area contributed by atoms with Crippen molar-refractivity contribution in [3.05, 3.63) is 35.9 Å². The van der Waals surface area contributed by atoms with E-state index in [2.05, 4.69) is 12.1 Å². The lowest BCUT2D eigenvalue weighted by molar-refractivity contribution is -0.122. The van der Waals surface area contributed by atoms with Gasteiger partial charge in [-0.15, -0.1) is 0 Å². The Kier molecular flexibility index (Phi) is 4.32. The third-order valence-electron chi connectivity index (χ3n) is 3.66. The highest BCUT2D eigenvalue weighted by Gasteiger charge is 2.26. The number of carbonyl (C=O) groups excluding carboxylic acids is 1. The first-order valence-corrected chi connectivity index (χ1v) is 6.58. The molecule has 0 saturated heterocycles. The van der Waals surface area contributed by atoms with E-state index in [0.717, 1.165) is 32.1 Å². The summed E-state index contributed by atoms with van der Waals surface area (Å²) in [6, 6.07) is 10.6. The fraction of sp³-hybridized carbons (Fsp3) is 0.533. The summed E-state index contributed by atoms with van der Waals surface area (Å²) in [6.45, 7) is 0. The summed E-state index contributed by atoms with van der Waals surface area (Å²) in [7, 11) is 0. The van der Waals surface area contributed by atoms with Crippen molar-refractivity contribution in [3.8, 4) is 0 Å². The van der Waals surface area contributed by atoms with E-state index in [9.17, 15) is 4.79 Å². The van der Waals surface area contributed by atoms with Gasteiger partial charge >= 0.3 is 0 Å². The fourth-order valence-electron chi connectivity index (χ4n) is 2.62. The maximum atomic E-state index is 11.9. The summed E-state index contributed by atoms with van der Waals surface area (Å²) in [5, 5.41) is 0. The molecule has 2 heteroatoms. The van der Waals surface area contributed by atoms with E-state index >= 15 is 0 Å². The van der Waals surface area contributed by atoms with Gasteiger partial charge in [0.25, 0.3) is 0 Å². The Morgan fingerprint density at radius 2 is 2.00 bits per heavy atom. The molecule has 0 aromatic heterocycles. The number of nitrogens with two attached hydrogens (primary N) is 1. The third kappa shape index (κ3) is 3.67. The van der Waals surface area contributed by atoms with Crippen LogP contribution in [0.1, 0.15) is 37.7 Å². The monoisotopic (exact) mass is 231 g/mol. The second kappa shape index (κ2) is 5.97. The molecule has 92 valence electrons.